The molecular formula is C19H32O4S. The van der Waals surface area contributed by atoms with Gasteiger partial charge in [-0.3, -0.25) is 4.79 Å². The van der Waals surface area contributed by atoms with Crippen molar-refractivity contribution in [1.82, 2.24) is 0 Å². The number of thioether (sulfide) groups is 1. The summed E-state index contributed by atoms with van der Waals surface area (Å²) in [6, 6.07) is 0. The van der Waals surface area contributed by atoms with Crippen molar-refractivity contribution in [3.63, 3.8) is 0 Å². The second-order valence-electron chi connectivity index (χ2n) is 6.79. The van der Waals surface area contributed by atoms with E-state index in [0.717, 1.165) is 50.4 Å². The van der Waals surface area contributed by atoms with E-state index in [1.54, 1.807) is 0 Å². The van der Waals surface area contributed by atoms with Crippen molar-refractivity contribution in [1.29, 1.82) is 0 Å². The van der Waals surface area contributed by atoms with Gasteiger partial charge in [-0.2, -0.15) is 11.8 Å². The molecule has 4 nitrogen and oxygen atoms in total. The van der Waals surface area contributed by atoms with Crippen LogP contribution in [0.5, 0.6) is 0 Å². The Labute approximate surface area is 150 Å². The van der Waals surface area contributed by atoms with E-state index < -0.39 is 5.97 Å². The van der Waals surface area contributed by atoms with Crippen LogP contribution in [0.1, 0.15) is 51.9 Å². The number of aliphatic carboxylic acids is 1. The average Bonchev–Trinajstić information content (AvgIpc) is 3.15. The average molecular weight is 357 g/mol. The van der Waals surface area contributed by atoms with Gasteiger partial charge in [0.05, 0.1) is 18.8 Å². The van der Waals surface area contributed by atoms with E-state index >= 15 is 0 Å². The number of rotatable bonds is 13. The van der Waals surface area contributed by atoms with Gasteiger partial charge in [-0.05, 0) is 61.9 Å². The molecule has 2 fully saturated rings. The molecule has 2 aliphatic rings. The van der Waals surface area contributed by atoms with Crippen LogP contribution in [-0.4, -0.2) is 48.0 Å². The molecule has 0 aliphatic carbocycles. The summed E-state index contributed by atoms with van der Waals surface area (Å²) in [5.41, 5.74) is 0. The van der Waals surface area contributed by atoms with Crippen LogP contribution in [0, 0.1) is 11.8 Å². The summed E-state index contributed by atoms with van der Waals surface area (Å²) in [4.78, 5) is 10.5. The van der Waals surface area contributed by atoms with Gasteiger partial charge >= 0.3 is 5.97 Å². The van der Waals surface area contributed by atoms with Gasteiger partial charge in [0.2, 0.25) is 0 Å². The van der Waals surface area contributed by atoms with Gasteiger partial charge in [-0.15, -0.1) is 0 Å². The summed E-state index contributed by atoms with van der Waals surface area (Å²) in [6.07, 6.45) is 11.8. The summed E-state index contributed by atoms with van der Waals surface area (Å²) in [5, 5.41) is 8.66. The number of carboxylic acids is 1. The summed E-state index contributed by atoms with van der Waals surface area (Å²) < 4.78 is 11.9. The molecule has 2 saturated heterocycles. The Hall–Kier alpha value is -0.520. The molecule has 2 aliphatic heterocycles. The first-order chi connectivity index (χ1) is 11.7. The maximum absolute atomic E-state index is 10.5. The fourth-order valence-electron chi connectivity index (χ4n) is 3.81. The monoisotopic (exact) mass is 356 g/mol. The predicted octanol–water partition coefficient (Wildman–Crippen LogP) is 4.14. The van der Waals surface area contributed by atoms with Gasteiger partial charge in [0.25, 0.3) is 0 Å². The Morgan fingerprint density at radius 3 is 2.79 bits per heavy atom. The maximum Gasteiger partial charge on any atom is 0.303 e. The van der Waals surface area contributed by atoms with Gasteiger partial charge in [-0.25, -0.2) is 0 Å². The summed E-state index contributed by atoms with van der Waals surface area (Å²) in [6.45, 7) is 3.68. The minimum absolute atomic E-state index is 0.296. The third-order valence-corrected chi connectivity index (χ3v) is 6.24. The Morgan fingerprint density at radius 1 is 1.25 bits per heavy atom. The molecule has 0 aromatic carbocycles. The molecule has 0 amide bonds. The van der Waals surface area contributed by atoms with Crippen molar-refractivity contribution in [2.75, 3.05) is 24.7 Å². The third kappa shape index (κ3) is 6.41. The molecule has 4 atom stereocenters. The van der Waals surface area contributed by atoms with E-state index in [2.05, 4.69) is 19.1 Å². The Bertz CT molecular complexity index is 399. The van der Waals surface area contributed by atoms with Crippen molar-refractivity contribution in [2.45, 2.75) is 64.1 Å². The van der Waals surface area contributed by atoms with Gasteiger partial charge in [0.1, 0.15) is 0 Å². The lowest BCUT2D eigenvalue weighted by Gasteiger charge is -2.27. The smallest absolute Gasteiger partial charge is 0.303 e. The lowest BCUT2D eigenvalue weighted by molar-refractivity contribution is -0.137. The predicted molar refractivity (Wildman–Crippen MR) is 98.6 cm³/mol. The topological polar surface area (TPSA) is 55.8 Å². The van der Waals surface area contributed by atoms with Crippen LogP contribution in [0.15, 0.2) is 12.2 Å². The molecule has 2 heterocycles. The zero-order chi connectivity index (χ0) is 17.2. The zero-order valence-corrected chi connectivity index (χ0v) is 15.6. The fourth-order valence-corrected chi connectivity index (χ4v) is 5.12. The molecule has 2 rings (SSSR count). The minimum Gasteiger partial charge on any atom is -0.481 e. The third-order valence-electron chi connectivity index (χ3n) is 5.04. The van der Waals surface area contributed by atoms with E-state index in [4.69, 9.17) is 14.6 Å². The minimum atomic E-state index is -0.685. The van der Waals surface area contributed by atoms with Crippen LogP contribution in [-0.2, 0) is 14.3 Å². The number of carbonyl (C=O) groups is 1. The molecule has 1 N–H and O–H groups in total. The second kappa shape index (κ2) is 11.2. The number of hydrogen-bond donors (Lipinski definition) is 1. The van der Waals surface area contributed by atoms with E-state index in [1.165, 1.54) is 12.8 Å². The first-order valence-electron chi connectivity index (χ1n) is 9.40. The molecule has 0 aromatic heterocycles. The van der Waals surface area contributed by atoms with Crippen LogP contribution in [0.3, 0.4) is 0 Å². The lowest BCUT2D eigenvalue weighted by Crippen LogP contribution is -2.30. The standard InChI is InChI=1S/C19H32O4S/c1-2-3-5-11-22-12-10-15-16(18-9-8-17(15)23-18)14-24-13-6-4-7-19(20)21/h3,5,15-18H,2,4,6-14H2,1H3,(H,20,21)/t15-,16+,17-,18+/m1/s1. The molecule has 0 aromatic rings. The lowest BCUT2D eigenvalue weighted by atomic mass is 9.79. The molecule has 2 bridgehead atoms. The number of unbranched alkanes of at least 4 members (excludes halogenated alkanes) is 1. The number of ether oxygens (including phenoxy) is 2. The Balaban J connectivity index is 1.62. The largest absolute Gasteiger partial charge is 0.481 e. The van der Waals surface area contributed by atoms with Crippen molar-refractivity contribution < 1.29 is 19.4 Å². The number of allylic oxidation sites excluding steroid dienone is 1. The summed E-state index contributed by atoms with van der Waals surface area (Å²) in [5.74, 6) is 2.82. The maximum atomic E-state index is 10.5. The highest BCUT2D eigenvalue weighted by Gasteiger charge is 2.47. The van der Waals surface area contributed by atoms with Gasteiger partial charge in [-0.1, -0.05) is 19.1 Å². The van der Waals surface area contributed by atoms with E-state index in [9.17, 15) is 4.79 Å². The van der Waals surface area contributed by atoms with Crippen LogP contribution >= 0.6 is 11.8 Å². The molecular weight excluding hydrogens is 324 g/mol. The first kappa shape index (κ1) is 19.8. The molecule has 0 saturated carbocycles. The van der Waals surface area contributed by atoms with Crippen molar-refractivity contribution in [3.05, 3.63) is 12.2 Å². The highest BCUT2D eigenvalue weighted by molar-refractivity contribution is 7.99. The fraction of sp³-hybridized carbons (Fsp3) is 0.842. The van der Waals surface area contributed by atoms with E-state index in [0.29, 0.717) is 30.5 Å². The van der Waals surface area contributed by atoms with Crippen LogP contribution in [0.4, 0.5) is 0 Å². The Morgan fingerprint density at radius 2 is 2.04 bits per heavy atom. The normalized spacial score (nSPS) is 28.9. The van der Waals surface area contributed by atoms with E-state index in [1.807, 2.05) is 11.8 Å². The van der Waals surface area contributed by atoms with Crippen molar-refractivity contribution in [2.24, 2.45) is 11.8 Å². The van der Waals surface area contributed by atoms with Crippen LogP contribution in [0.2, 0.25) is 0 Å². The molecule has 0 radical (unpaired) electrons. The number of hydrogen-bond acceptors (Lipinski definition) is 4. The quantitative estimate of drug-likeness (QED) is 0.397. The van der Waals surface area contributed by atoms with Crippen LogP contribution < -0.4 is 0 Å². The number of carboxylic acid groups (broad SMARTS) is 1. The van der Waals surface area contributed by atoms with E-state index in [-0.39, 0.29) is 0 Å². The van der Waals surface area contributed by atoms with Crippen molar-refractivity contribution in [3.8, 4) is 0 Å². The Kier molecular flexibility index (Phi) is 9.21. The van der Waals surface area contributed by atoms with Crippen molar-refractivity contribution >= 4 is 17.7 Å². The molecule has 0 spiro atoms. The second-order valence-corrected chi connectivity index (χ2v) is 7.94. The molecule has 5 heteroatoms. The summed E-state index contributed by atoms with van der Waals surface area (Å²) in [7, 11) is 0. The van der Waals surface area contributed by atoms with Gasteiger partial charge in [0, 0.05) is 13.0 Å². The highest BCUT2D eigenvalue weighted by atomic mass is 32.2. The van der Waals surface area contributed by atoms with Crippen LogP contribution in [0.25, 0.3) is 0 Å². The number of fused-ring (bicyclic) bond motifs is 2. The van der Waals surface area contributed by atoms with Gasteiger partial charge in [0.15, 0.2) is 0 Å². The SMILES string of the molecule is CCC=CCOCC[C@@H]1[C@H](CSCCCCC(=O)O)[C@@H]2CC[C@H]1O2. The first-order valence-corrected chi connectivity index (χ1v) is 10.6. The molecule has 0 unspecified atom stereocenters. The highest BCUT2D eigenvalue weighted by Crippen LogP contribution is 2.46. The van der Waals surface area contributed by atoms with Gasteiger partial charge < -0.3 is 14.6 Å². The molecule has 24 heavy (non-hydrogen) atoms. The molecule has 138 valence electrons. The zero-order valence-electron chi connectivity index (χ0n) is 14.8. The summed E-state index contributed by atoms with van der Waals surface area (Å²) >= 11 is 1.97.